The summed E-state index contributed by atoms with van der Waals surface area (Å²) in [5.41, 5.74) is 6.58. The van der Waals surface area contributed by atoms with Gasteiger partial charge in [0.25, 0.3) is 0 Å². The highest BCUT2D eigenvalue weighted by atomic mass is 35.5. The van der Waals surface area contributed by atoms with Gasteiger partial charge in [0.05, 0.1) is 10.7 Å². The first-order chi connectivity index (χ1) is 14.2. The fourth-order valence-corrected chi connectivity index (χ4v) is 4.43. The van der Waals surface area contributed by atoms with Crippen LogP contribution in [-0.4, -0.2) is 40.7 Å². The number of fused-ring (bicyclic) bond motifs is 1. The minimum absolute atomic E-state index is 0.709. The highest BCUT2D eigenvalue weighted by molar-refractivity contribution is 6.37. The molecule has 4 aromatic rings. The summed E-state index contributed by atoms with van der Waals surface area (Å²) in [5.74, 6) is 0. The Morgan fingerprint density at radius 3 is 2.34 bits per heavy atom. The van der Waals surface area contributed by atoms with Crippen LogP contribution in [0.3, 0.4) is 0 Å². The molecular formula is C23H22ClN5. The molecule has 1 aromatic carbocycles. The average molecular weight is 404 g/mol. The summed E-state index contributed by atoms with van der Waals surface area (Å²) in [5, 5.41) is 5.09. The Bertz CT molecular complexity index is 1150. The lowest BCUT2D eigenvalue weighted by atomic mass is 9.99. The van der Waals surface area contributed by atoms with E-state index in [4.69, 9.17) is 11.6 Å². The molecule has 29 heavy (non-hydrogen) atoms. The number of hydrogen-bond acceptors (Lipinski definition) is 4. The molecule has 4 heterocycles. The second-order valence-electron chi connectivity index (χ2n) is 7.29. The number of aryl methyl sites for hydroxylation is 1. The molecule has 0 saturated carbocycles. The first-order valence-corrected chi connectivity index (χ1v) is 10.2. The molecule has 1 N–H and O–H groups in total. The van der Waals surface area contributed by atoms with E-state index in [0.29, 0.717) is 5.02 Å². The van der Waals surface area contributed by atoms with Gasteiger partial charge in [-0.05, 0) is 41.5 Å². The number of halogens is 1. The summed E-state index contributed by atoms with van der Waals surface area (Å²) in [6, 6.07) is 14.7. The van der Waals surface area contributed by atoms with Gasteiger partial charge in [0.2, 0.25) is 0 Å². The lowest BCUT2D eigenvalue weighted by molar-refractivity contribution is 0.589. The molecule has 1 saturated heterocycles. The molecule has 0 radical (unpaired) electrons. The van der Waals surface area contributed by atoms with Crippen molar-refractivity contribution in [2.24, 2.45) is 7.05 Å². The molecule has 1 fully saturated rings. The molecule has 1 aliphatic rings. The van der Waals surface area contributed by atoms with Crippen molar-refractivity contribution in [1.29, 1.82) is 0 Å². The quantitative estimate of drug-likeness (QED) is 0.552. The van der Waals surface area contributed by atoms with E-state index >= 15 is 0 Å². The van der Waals surface area contributed by atoms with Gasteiger partial charge in [-0.1, -0.05) is 23.7 Å². The number of pyridine rings is 2. The van der Waals surface area contributed by atoms with Gasteiger partial charge in [0.1, 0.15) is 5.65 Å². The molecule has 0 bridgehead atoms. The molecule has 3 aromatic heterocycles. The van der Waals surface area contributed by atoms with Crippen LogP contribution in [0.25, 0.3) is 33.4 Å². The Balaban J connectivity index is 1.69. The summed E-state index contributed by atoms with van der Waals surface area (Å²) >= 11 is 6.63. The third-order valence-corrected chi connectivity index (χ3v) is 5.93. The fourth-order valence-electron chi connectivity index (χ4n) is 4.20. The number of hydrogen-bond donors (Lipinski definition) is 1. The molecule has 6 heteroatoms. The molecule has 0 aliphatic carbocycles. The molecule has 0 atom stereocenters. The normalized spacial score (nSPS) is 14.5. The largest absolute Gasteiger partial charge is 0.369 e. The van der Waals surface area contributed by atoms with Crippen LogP contribution in [0.5, 0.6) is 0 Å². The van der Waals surface area contributed by atoms with Crippen molar-refractivity contribution in [2.45, 2.75) is 0 Å². The van der Waals surface area contributed by atoms with E-state index in [1.54, 1.807) is 6.20 Å². The molecule has 146 valence electrons. The molecule has 5 rings (SSSR count). The summed E-state index contributed by atoms with van der Waals surface area (Å²) in [4.78, 5) is 11.2. The lowest BCUT2D eigenvalue weighted by Gasteiger charge is -2.29. The zero-order chi connectivity index (χ0) is 19.8. The fraction of sp³-hybridized carbons (Fsp3) is 0.217. The molecular weight excluding hydrogens is 382 g/mol. The van der Waals surface area contributed by atoms with Crippen molar-refractivity contribution >= 4 is 28.3 Å². The maximum absolute atomic E-state index is 6.63. The summed E-state index contributed by atoms with van der Waals surface area (Å²) in [7, 11) is 2.05. The smallest absolute Gasteiger partial charge is 0.142 e. The second kappa shape index (κ2) is 7.50. The van der Waals surface area contributed by atoms with Gasteiger partial charge in [0.15, 0.2) is 0 Å². The third kappa shape index (κ3) is 3.16. The molecule has 0 unspecified atom stereocenters. The van der Waals surface area contributed by atoms with Crippen LogP contribution in [0.2, 0.25) is 5.02 Å². The molecule has 0 spiro atoms. The Hall–Kier alpha value is -2.89. The Labute approximate surface area is 175 Å². The topological polar surface area (TPSA) is 46.0 Å². The monoisotopic (exact) mass is 403 g/mol. The minimum Gasteiger partial charge on any atom is -0.369 e. The van der Waals surface area contributed by atoms with Crippen LogP contribution >= 0.6 is 11.6 Å². The number of rotatable bonds is 3. The Morgan fingerprint density at radius 2 is 1.62 bits per heavy atom. The van der Waals surface area contributed by atoms with Gasteiger partial charge in [-0.2, -0.15) is 0 Å². The predicted octanol–water partition coefficient (Wildman–Crippen LogP) is 4.37. The van der Waals surface area contributed by atoms with Crippen molar-refractivity contribution in [1.82, 2.24) is 19.9 Å². The minimum atomic E-state index is 0.709. The van der Waals surface area contributed by atoms with Gasteiger partial charge < -0.3 is 14.8 Å². The maximum atomic E-state index is 6.63. The van der Waals surface area contributed by atoms with Gasteiger partial charge >= 0.3 is 0 Å². The van der Waals surface area contributed by atoms with Crippen LogP contribution in [0.1, 0.15) is 0 Å². The zero-order valence-electron chi connectivity index (χ0n) is 16.3. The second-order valence-corrected chi connectivity index (χ2v) is 7.70. The van der Waals surface area contributed by atoms with Gasteiger partial charge in [0, 0.05) is 68.5 Å². The molecule has 0 amide bonds. The standard InChI is InChI=1S/C23H22ClN5/c1-28-22(17-2-4-18(5-3-17)29-14-12-26-13-15-29)20(16-6-9-25-10-7-16)21-19(24)8-11-27-23(21)28/h2-11,26H,12-15H2,1H3. The SMILES string of the molecule is Cn1c(-c2ccc(N3CCNCC3)cc2)c(-c2ccncc2)c2c(Cl)ccnc21. The van der Waals surface area contributed by atoms with Crippen molar-refractivity contribution in [2.75, 3.05) is 31.1 Å². The Kier molecular flexibility index (Phi) is 4.70. The van der Waals surface area contributed by atoms with Crippen molar-refractivity contribution in [3.8, 4) is 22.4 Å². The first-order valence-electron chi connectivity index (χ1n) is 9.83. The lowest BCUT2D eigenvalue weighted by Crippen LogP contribution is -2.43. The van der Waals surface area contributed by atoms with Gasteiger partial charge in [-0.25, -0.2) is 4.98 Å². The van der Waals surface area contributed by atoms with Crippen LogP contribution in [0.4, 0.5) is 5.69 Å². The van der Waals surface area contributed by atoms with Crippen LogP contribution in [0.15, 0.2) is 61.1 Å². The number of anilines is 1. The molecule has 5 nitrogen and oxygen atoms in total. The number of piperazine rings is 1. The average Bonchev–Trinajstić information content (AvgIpc) is 3.09. The summed E-state index contributed by atoms with van der Waals surface area (Å²) in [6.45, 7) is 4.13. The number of benzene rings is 1. The van der Waals surface area contributed by atoms with E-state index in [1.165, 1.54) is 5.69 Å². The Morgan fingerprint density at radius 1 is 0.897 bits per heavy atom. The van der Waals surface area contributed by atoms with E-state index in [1.807, 2.05) is 30.6 Å². The number of nitrogens with zero attached hydrogens (tertiary/aromatic N) is 4. The van der Waals surface area contributed by atoms with Crippen LogP contribution in [-0.2, 0) is 7.05 Å². The van der Waals surface area contributed by atoms with Gasteiger partial charge in [-0.3, -0.25) is 4.98 Å². The van der Waals surface area contributed by atoms with E-state index in [0.717, 1.165) is 59.6 Å². The van der Waals surface area contributed by atoms with Crippen LogP contribution in [0, 0.1) is 0 Å². The van der Waals surface area contributed by atoms with Crippen LogP contribution < -0.4 is 10.2 Å². The van der Waals surface area contributed by atoms with Gasteiger partial charge in [-0.15, -0.1) is 0 Å². The highest BCUT2D eigenvalue weighted by Gasteiger charge is 2.21. The highest BCUT2D eigenvalue weighted by Crippen LogP contribution is 2.42. The summed E-state index contributed by atoms with van der Waals surface area (Å²) < 4.78 is 2.14. The van der Waals surface area contributed by atoms with Crippen molar-refractivity contribution in [3.63, 3.8) is 0 Å². The van der Waals surface area contributed by atoms with Crippen molar-refractivity contribution < 1.29 is 0 Å². The zero-order valence-corrected chi connectivity index (χ0v) is 17.0. The summed E-state index contributed by atoms with van der Waals surface area (Å²) in [6.07, 6.45) is 5.39. The molecule has 1 aliphatic heterocycles. The predicted molar refractivity (Wildman–Crippen MR) is 119 cm³/mol. The number of aromatic nitrogens is 3. The first kappa shape index (κ1) is 18.2. The van der Waals surface area contributed by atoms with E-state index < -0.39 is 0 Å². The third-order valence-electron chi connectivity index (χ3n) is 5.61. The van der Waals surface area contributed by atoms with E-state index in [9.17, 15) is 0 Å². The van der Waals surface area contributed by atoms with E-state index in [2.05, 4.69) is 56.1 Å². The van der Waals surface area contributed by atoms with Crippen molar-refractivity contribution in [3.05, 3.63) is 66.1 Å². The number of nitrogens with one attached hydrogen (secondary N) is 1. The van der Waals surface area contributed by atoms with E-state index in [-0.39, 0.29) is 0 Å². The maximum Gasteiger partial charge on any atom is 0.142 e.